The van der Waals surface area contributed by atoms with E-state index in [0.717, 1.165) is 6.26 Å². The molecule has 0 saturated heterocycles. The topological polar surface area (TPSA) is 65.5 Å². The third kappa shape index (κ3) is 5.56. The Morgan fingerprint density at radius 2 is 2.17 bits per heavy atom. The summed E-state index contributed by atoms with van der Waals surface area (Å²) in [6.07, 6.45) is -0.562. The van der Waals surface area contributed by atoms with Crippen LogP contribution in [0.1, 0.15) is 5.69 Å². The molecule has 0 unspecified atom stereocenters. The van der Waals surface area contributed by atoms with Crippen molar-refractivity contribution in [3.05, 3.63) is 23.0 Å². The lowest BCUT2D eigenvalue weighted by atomic mass is 10.3. The van der Waals surface area contributed by atoms with Crippen molar-refractivity contribution in [1.29, 1.82) is 0 Å². The number of aromatic nitrogens is 1. The van der Waals surface area contributed by atoms with E-state index < -0.39 is 29.8 Å². The van der Waals surface area contributed by atoms with Gasteiger partial charge in [-0.25, -0.2) is 8.78 Å². The first kappa shape index (κ1) is 15.1. The van der Waals surface area contributed by atoms with Crippen LogP contribution in [0.25, 0.3) is 0 Å². The lowest BCUT2D eigenvalue weighted by molar-refractivity contribution is 0.0805. The second-order valence-electron chi connectivity index (χ2n) is 3.27. The van der Waals surface area contributed by atoms with Crippen molar-refractivity contribution in [2.24, 2.45) is 0 Å². The molecule has 0 amide bonds. The summed E-state index contributed by atoms with van der Waals surface area (Å²) in [6, 6.07) is 1.26. The van der Waals surface area contributed by atoms with Gasteiger partial charge in [0.15, 0.2) is 0 Å². The highest BCUT2D eigenvalue weighted by Crippen LogP contribution is 2.22. The minimum Gasteiger partial charge on any atom is -0.486 e. The number of rotatable bonds is 6. The third-order valence-electron chi connectivity index (χ3n) is 1.67. The minimum atomic E-state index is -3.66. The van der Waals surface area contributed by atoms with Crippen molar-refractivity contribution >= 4 is 21.7 Å². The maximum absolute atomic E-state index is 12.0. The van der Waals surface area contributed by atoms with E-state index >= 15 is 0 Å². The Kier molecular flexibility index (Phi) is 5.24. The predicted molar refractivity (Wildman–Crippen MR) is 60.4 cm³/mol. The summed E-state index contributed by atoms with van der Waals surface area (Å²) < 4.78 is 54.9. The molecule has 0 aliphatic heterocycles. The number of alkyl halides is 2. The summed E-state index contributed by atoms with van der Waals surface area (Å²) in [5.41, 5.74) is 0.0745. The second-order valence-corrected chi connectivity index (χ2v) is 5.35. The quantitative estimate of drug-likeness (QED) is 0.750. The van der Waals surface area contributed by atoms with Gasteiger partial charge in [-0.15, -0.1) is 0 Å². The zero-order valence-electron chi connectivity index (χ0n) is 9.27. The van der Waals surface area contributed by atoms with E-state index in [1.54, 1.807) is 0 Å². The monoisotopic (exact) mass is 301 g/mol. The van der Waals surface area contributed by atoms with Crippen LogP contribution in [-0.2, 0) is 20.9 Å². The molecule has 0 aromatic carbocycles. The minimum absolute atomic E-state index is 0.0357. The smallest absolute Gasteiger partial charge is 0.272 e. The van der Waals surface area contributed by atoms with Crippen LogP contribution in [0, 0.1) is 0 Å². The Morgan fingerprint density at radius 3 is 2.72 bits per heavy atom. The van der Waals surface area contributed by atoms with E-state index in [2.05, 4.69) is 9.17 Å². The van der Waals surface area contributed by atoms with Gasteiger partial charge in [0.05, 0.1) is 11.3 Å². The molecule has 0 saturated carbocycles. The number of pyridine rings is 1. The molecule has 0 spiro atoms. The van der Waals surface area contributed by atoms with Crippen LogP contribution in [0.2, 0.25) is 5.02 Å². The molecule has 1 rings (SSSR count). The van der Waals surface area contributed by atoms with Gasteiger partial charge in [0.25, 0.3) is 16.5 Å². The van der Waals surface area contributed by atoms with Crippen molar-refractivity contribution in [2.75, 3.05) is 12.9 Å². The van der Waals surface area contributed by atoms with Crippen LogP contribution >= 0.6 is 11.6 Å². The molecule has 0 fully saturated rings. The standard InChI is InChI=1S/C9H10ClF2NO4S/c1-18(14,15)17-4-7-8(16-5-9(11)12)2-6(10)3-13-7/h2-3,9H,4-5H2,1H3. The van der Waals surface area contributed by atoms with Crippen LogP contribution in [0.15, 0.2) is 12.3 Å². The summed E-state index contributed by atoms with van der Waals surface area (Å²) in [5, 5.41) is 0.183. The molecule has 0 radical (unpaired) electrons. The summed E-state index contributed by atoms with van der Waals surface area (Å²) in [6.45, 7) is -1.25. The van der Waals surface area contributed by atoms with Gasteiger partial charge in [-0.2, -0.15) is 8.42 Å². The summed E-state index contributed by atoms with van der Waals surface area (Å²) in [5.74, 6) is -0.0357. The predicted octanol–water partition coefficient (Wildman–Crippen LogP) is 1.86. The summed E-state index contributed by atoms with van der Waals surface area (Å²) in [7, 11) is -3.66. The van der Waals surface area contributed by atoms with Crippen LogP contribution in [0.5, 0.6) is 5.75 Å². The van der Waals surface area contributed by atoms with Gasteiger partial charge in [-0.05, 0) is 0 Å². The van der Waals surface area contributed by atoms with Gasteiger partial charge in [0, 0.05) is 12.3 Å². The fraction of sp³-hybridized carbons (Fsp3) is 0.444. The fourth-order valence-corrected chi connectivity index (χ4v) is 1.47. The zero-order chi connectivity index (χ0) is 13.8. The van der Waals surface area contributed by atoms with E-state index in [4.69, 9.17) is 16.3 Å². The average molecular weight is 302 g/mol. The Labute approximate surface area is 108 Å². The SMILES string of the molecule is CS(=O)(=O)OCc1ncc(Cl)cc1OCC(F)F. The maximum Gasteiger partial charge on any atom is 0.272 e. The molecule has 9 heteroatoms. The van der Waals surface area contributed by atoms with E-state index in [1.165, 1.54) is 12.3 Å². The Morgan fingerprint density at radius 1 is 1.50 bits per heavy atom. The van der Waals surface area contributed by atoms with Gasteiger partial charge in [0.1, 0.15) is 24.7 Å². The first-order valence-corrected chi connectivity index (χ1v) is 6.87. The summed E-state index contributed by atoms with van der Waals surface area (Å²) in [4.78, 5) is 3.77. The van der Waals surface area contributed by atoms with E-state index in [9.17, 15) is 17.2 Å². The first-order valence-electron chi connectivity index (χ1n) is 4.67. The molecule has 18 heavy (non-hydrogen) atoms. The molecule has 0 N–H and O–H groups in total. The third-order valence-corrected chi connectivity index (χ3v) is 2.42. The number of hydrogen-bond donors (Lipinski definition) is 0. The highest BCUT2D eigenvalue weighted by atomic mass is 35.5. The van der Waals surface area contributed by atoms with Crippen molar-refractivity contribution in [2.45, 2.75) is 13.0 Å². The van der Waals surface area contributed by atoms with Crippen molar-refractivity contribution < 1.29 is 26.1 Å². The van der Waals surface area contributed by atoms with Crippen molar-refractivity contribution in [1.82, 2.24) is 4.98 Å². The number of ether oxygens (including phenoxy) is 1. The lowest BCUT2D eigenvalue weighted by Gasteiger charge is -2.10. The Hall–Kier alpha value is -0.990. The Bertz CT molecular complexity index is 509. The summed E-state index contributed by atoms with van der Waals surface area (Å²) >= 11 is 5.63. The van der Waals surface area contributed by atoms with E-state index in [0.29, 0.717) is 0 Å². The Balaban J connectivity index is 2.82. The molecule has 0 bridgehead atoms. The molecule has 0 aliphatic carbocycles. The number of nitrogens with zero attached hydrogens (tertiary/aromatic N) is 1. The van der Waals surface area contributed by atoms with Crippen LogP contribution < -0.4 is 4.74 Å². The molecule has 0 atom stereocenters. The van der Waals surface area contributed by atoms with Gasteiger partial charge in [-0.1, -0.05) is 11.6 Å². The van der Waals surface area contributed by atoms with E-state index in [-0.39, 0.29) is 16.5 Å². The van der Waals surface area contributed by atoms with Gasteiger partial charge >= 0.3 is 0 Å². The fourth-order valence-electron chi connectivity index (χ4n) is 0.998. The van der Waals surface area contributed by atoms with E-state index in [1.807, 2.05) is 0 Å². The molecule has 1 heterocycles. The molecule has 5 nitrogen and oxygen atoms in total. The first-order chi connectivity index (χ1) is 8.28. The van der Waals surface area contributed by atoms with Gasteiger partial charge in [0.2, 0.25) is 0 Å². The molecule has 1 aromatic rings. The maximum atomic E-state index is 12.0. The molecule has 0 aliphatic rings. The van der Waals surface area contributed by atoms with Gasteiger partial charge in [-0.3, -0.25) is 9.17 Å². The molecular formula is C9H10ClF2NO4S. The average Bonchev–Trinajstić information content (AvgIpc) is 2.23. The highest BCUT2D eigenvalue weighted by molar-refractivity contribution is 7.85. The second kappa shape index (κ2) is 6.26. The largest absolute Gasteiger partial charge is 0.486 e. The van der Waals surface area contributed by atoms with Crippen LogP contribution in [-0.4, -0.2) is 32.7 Å². The van der Waals surface area contributed by atoms with Crippen LogP contribution in [0.4, 0.5) is 8.78 Å². The molecule has 1 aromatic heterocycles. The molecule has 102 valence electrons. The van der Waals surface area contributed by atoms with Gasteiger partial charge < -0.3 is 4.74 Å². The van der Waals surface area contributed by atoms with Crippen LogP contribution in [0.3, 0.4) is 0 Å². The normalized spacial score (nSPS) is 11.8. The highest BCUT2D eigenvalue weighted by Gasteiger charge is 2.12. The lowest BCUT2D eigenvalue weighted by Crippen LogP contribution is -2.10. The number of hydrogen-bond acceptors (Lipinski definition) is 5. The van der Waals surface area contributed by atoms with Crippen molar-refractivity contribution in [3.63, 3.8) is 0 Å². The number of halogens is 3. The molecular weight excluding hydrogens is 292 g/mol. The zero-order valence-corrected chi connectivity index (χ0v) is 10.8. The van der Waals surface area contributed by atoms with Crippen molar-refractivity contribution in [3.8, 4) is 5.75 Å².